The number of pyridine rings is 1. The van der Waals surface area contributed by atoms with Crippen LogP contribution in [0.3, 0.4) is 0 Å². The van der Waals surface area contributed by atoms with E-state index in [1.54, 1.807) is 19.5 Å². The van der Waals surface area contributed by atoms with Crippen LogP contribution in [0.25, 0.3) is 11.1 Å². The van der Waals surface area contributed by atoms with E-state index < -0.39 is 0 Å². The molecule has 1 atom stereocenters. The van der Waals surface area contributed by atoms with Crippen molar-refractivity contribution >= 4 is 5.91 Å². The van der Waals surface area contributed by atoms with Crippen molar-refractivity contribution in [1.29, 1.82) is 0 Å². The molecule has 0 radical (unpaired) electrons. The van der Waals surface area contributed by atoms with Crippen LogP contribution in [0.15, 0.2) is 42.7 Å². The molecule has 0 bridgehead atoms. The van der Waals surface area contributed by atoms with Crippen molar-refractivity contribution in [3.05, 3.63) is 48.3 Å². The minimum Gasteiger partial charge on any atom is -0.497 e. The Labute approximate surface area is 136 Å². The van der Waals surface area contributed by atoms with Crippen LogP contribution in [0.5, 0.6) is 5.75 Å². The zero-order valence-electron chi connectivity index (χ0n) is 13.2. The lowest BCUT2D eigenvalue weighted by atomic mass is 10.0. The van der Waals surface area contributed by atoms with E-state index in [0.29, 0.717) is 12.1 Å². The van der Waals surface area contributed by atoms with Crippen LogP contribution in [0.4, 0.5) is 0 Å². The lowest BCUT2D eigenvalue weighted by Crippen LogP contribution is -2.45. The smallest absolute Gasteiger partial charge is 0.255 e. The summed E-state index contributed by atoms with van der Waals surface area (Å²) in [4.78, 5) is 18.7. The number of methoxy groups -OCH3 is 1. The molecule has 0 unspecified atom stereocenters. The molecule has 2 heterocycles. The van der Waals surface area contributed by atoms with Gasteiger partial charge in [0.2, 0.25) is 0 Å². The van der Waals surface area contributed by atoms with E-state index in [4.69, 9.17) is 10.5 Å². The monoisotopic (exact) mass is 311 g/mol. The number of aromatic nitrogens is 1. The number of rotatable bonds is 3. The summed E-state index contributed by atoms with van der Waals surface area (Å²) in [5, 5.41) is 0. The van der Waals surface area contributed by atoms with Crippen molar-refractivity contribution in [2.45, 2.75) is 18.9 Å². The van der Waals surface area contributed by atoms with E-state index in [1.165, 1.54) is 0 Å². The van der Waals surface area contributed by atoms with Crippen LogP contribution in [-0.4, -0.2) is 42.0 Å². The second-order valence-corrected chi connectivity index (χ2v) is 5.84. The first kappa shape index (κ1) is 15.5. The van der Waals surface area contributed by atoms with Crippen molar-refractivity contribution in [2.24, 2.45) is 5.73 Å². The number of hydrogen-bond donors (Lipinski definition) is 1. The van der Waals surface area contributed by atoms with Gasteiger partial charge in [0, 0.05) is 37.1 Å². The Hall–Kier alpha value is -2.40. The molecule has 1 aliphatic rings. The van der Waals surface area contributed by atoms with E-state index in [1.807, 2.05) is 35.2 Å². The molecule has 0 saturated carbocycles. The number of piperidine rings is 1. The van der Waals surface area contributed by atoms with Gasteiger partial charge in [0.05, 0.1) is 12.7 Å². The Morgan fingerprint density at radius 3 is 2.74 bits per heavy atom. The zero-order valence-corrected chi connectivity index (χ0v) is 13.2. The molecule has 2 N–H and O–H groups in total. The molecule has 1 saturated heterocycles. The molecule has 1 fully saturated rings. The predicted molar refractivity (Wildman–Crippen MR) is 89.3 cm³/mol. The van der Waals surface area contributed by atoms with Gasteiger partial charge in [-0.2, -0.15) is 0 Å². The second kappa shape index (κ2) is 6.79. The minimum absolute atomic E-state index is 0.00279. The molecule has 2 aromatic rings. The van der Waals surface area contributed by atoms with E-state index >= 15 is 0 Å². The zero-order chi connectivity index (χ0) is 16.2. The summed E-state index contributed by atoms with van der Waals surface area (Å²) in [5.74, 6) is 0.805. The highest BCUT2D eigenvalue weighted by molar-refractivity contribution is 5.95. The number of nitrogens with zero attached hydrogens (tertiary/aromatic N) is 2. The fourth-order valence-corrected chi connectivity index (χ4v) is 2.88. The van der Waals surface area contributed by atoms with Gasteiger partial charge in [-0.05, 0) is 36.6 Å². The van der Waals surface area contributed by atoms with Crippen LogP contribution >= 0.6 is 0 Å². The maximum Gasteiger partial charge on any atom is 0.255 e. The van der Waals surface area contributed by atoms with E-state index in [-0.39, 0.29) is 11.9 Å². The number of carbonyl (C=O) groups is 1. The number of hydrogen-bond acceptors (Lipinski definition) is 4. The molecule has 1 aromatic heterocycles. The molecule has 5 nitrogen and oxygen atoms in total. The summed E-state index contributed by atoms with van der Waals surface area (Å²) < 4.78 is 5.17. The molecule has 0 spiro atoms. The number of ether oxygens (including phenoxy) is 1. The second-order valence-electron chi connectivity index (χ2n) is 5.84. The Morgan fingerprint density at radius 1 is 1.26 bits per heavy atom. The summed E-state index contributed by atoms with van der Waals surface area (Å²) in [6, 6.07) is 9.67. The average Bonchev–Trinajstić information content (AvgIpc) is 2.61. The van der Waals surface area contributed by atoms with E-state index in [0.717, 1.165) is 36.3 Å². The molecule has 1 aromatic carbocycles. The van der Waals surface area contributed by atoms with Gasteiger partial charge in [-0.25, -0.2) is 0 Å². The first-order valence-electron chi connectivity index (χ1n) is 7.81. The molecule has 1 amide bonds. The van der Waals surface area contributed by atoms with Crippen LogP contribution in [0.2, 0.25) is 0 Å². The third-order valence-corrected chi connectivity index (χ3v) is 4.15. The van der Waals surface area contributed by atoms with Crippen LogP contribution in [0, 0.1) is 0 Å². The maximum atomic E-state index is 12.6. The summed E-state index contributed by atoms with van der Waals surface area (Å²) in [7, 11) is 1.64. The van der Waals surface area contributed by atoms with Crippen molar-refractivity contribution in [3.8, 4) is 16.9 Å². The van der Waals surface area contributed by atoms with E-state index in [2.05, 4.69) is 4.98 Å². The van der Waals surface area contributed by atoms with Gasteiger partial charge in [0.15, 0.2) is 0 Å². The lowest BCUT2D eigenvalue weighted by molar-refractivity contribution is 0.0708. The van der Waals surface area contributed by atoms with E-state index in [9.17, 15) is 4.79 Å². The standard InChI is InChI=1S/C18H21N3O2/c1-23-17-6-4-13(5-7-17)14-9-15(11-20-10-14)18(22)21-8-2-3-16(19)12-21/h4-7,9-11,16H,2-3,8,12,19H2,1H3/t16-/m0/s1. The number of amides is 1. The first-order chi connectivity index (χ1) is 11.2. The predicted octanol–water partition coefficient (Wildman–Crippen LogP) is 2.32. The van der Waals surface area contributed by atoms with Crippen molar-refractivity contribution in [3.63, 3.8) is 0 Å². The SMILES string of the molecule is COc1ccc(-c2cncc(C(=O)N3CCC[C@H](N)C3)c2)cc1. The Balaban J connectivity index is 1.82. The Bertz CT molecular complexity index is 685. The van der Waals surface area contributed by atoms with Gasteiger partial charge in [-0.15, -0.1) is 0 Å². The summed E-state index contributed by atoms with van der Waals surface area (Å²) in [6.45, 7) is 1.38. The molecule has 120 valence electrons. The average molecular weight is 311 g/mol. The van der Waals surface area contributed by atoms with Crippen LogP contribution in [-0.2, 0) is 0 Å². The highest BCUT2D eigenvalue weighted by Crippen LogP contribution is 2.23. The Morgan fingerprint density at radius 2 is 2.04 bits per heavy atom. The van der Waals surface area contributed by atoms with Gasteiger partial charge >= 0.3 is 0 Å². The molecular weight excluding hydrogens is 290 g/mol. The third kappa shape index (κ3) is 3.51. The maximum absolute atomic E-state index is 12.6. The Kier molecular flexibility index (Phi) is 4.57. The quantitative estimate of drug-likeness (QED) is 0.944. The minimum atomic E-state index is 0.00279. The number of benzene rings is 1. The van der Waals surface area contributed by atoms with Gasteiger partial charge in [0.25, 0.3) is 5.91 Å². The highest BCUT2D eigenvalue weighted by Gasteiger charge is 2.22. The topological polar surface area (TPSA) is 68.5 Å². The fraction of sp³-hybridized carbons (Fsp3) is 0.333. The van der Waals surface area contributed by atoms with Crippen molar-refractivity contribution < 1.29 is 9.53 Å². The molecule has 3 rings (SSSR count). The summed E-state index contributed by atoms with van der Waals surface area (Å²) in [6.07, 6.45) is 5.32. The molecular formula is C18H21N3O2. The van der Waals surface area contributed by atoms with Gasteiger partial charge in [-0.3, -0.25) is 9.78 Å². The first-order valence-corrected chi connectivity index (χ1v) is 7.81. The summed E-state index contributed by atoms with van der Waals surface area (Å²) in [5.41, 5.74) is 8.49. The largest absolute Gasteiger partial charge is 0.497 e. The number of likely N-dealkylation sites (tertiary alicyclic amines) is 1. The van der Waals surface area contributed by atoms with Crippen molar-refractivity contribution in [1.82, 2.24) is 9.88 Å². The normalized spacial score (nSPS) is 17.8. The molecule has 0 aliphatic carbocycles. The molecule has 23 heavy (non-hydrogen) atoms. The number of carbonyl (C=O) groups excluding carboxylic acids is 1. The summed E-state index contributed by atoms with van der Waals surface area (Å²) >= 11 is 0. The highest BCUT2D eigenvalue weighted by atomic mass is 16.5. The van der Waals surface area contributed by atoms with Crippen LogP contribution in [0.1, 0.15) is 23.2 Å². The molecule has 5 heteroatoms. The van der Waals surface area contributed by atoms with Gasteiger partial charge in [0.1, 0.15) is 5.75 Å². The lowest BCUT2D eigenvalue weighted by Gasteiger charge is -2.30. The van der Waals surface area contributed by atoms with Crippen LogP contribution < -0.4 is 10.5 Å². The fourth-order valence-electron chi connectivity index (χ4n) is 2.88. The van der Waals surface area contributed by atoms with Crippen molar-refractivity contribution in [2.75, 3.05) is 20.2 Å². The van der Waals surface area contributed by atoms with Gasteiger partial charge in [-0.1, -0.05) is 12.1 Å². The number of nitrogens with two attached hydrogens (primary N) is 1. The van der Waals surface area contributed by atoms with Gasteiger partial charge < -0.3 is 15.4 Å². The molecule has 1 aliphatic heterocycles. The third-order valence-electron chi connectivity index (χ3n) is 4.15.